The van der Waals surface area contributed by atoms with Crippen LogP contribution in [0.2, 0.25) is 0 Å². The average Bonchev–Trinajstić information content (AvgIpc) is 2.29. The van der Waals surface area contributed by atoms with Crippen LogP contribution in [-0.4, -0.2) is 23.9 Å². The quantitative estimate of drug-likeness (QED) is 0.846. The zero-order chi connectivity index (χ0) is 12.3. The molecule has 3 heteroatoms. The van der Waals surface area contributed by atoms with Gasteiger partial charge in [0.25, 0.3) is 0 Å². The Kier molecular flexibility index (Phi) is 4.02. The number of hydrogen-bond acceptors (Lipinski definition) is 3. The number of ether oxygens (including phenoxy) is 1. The number of hydrogen-bond donors (Lipinski definition) is 2. The summed E-state index contributed by atoms with van der Waals surface area (Å²) in [6.07, 6.45) is 2.47. The van der Waals surface area contributed by atoms with Gasteiger partial charge in [-0.3, -0.25) is 0 Å². The van der Waals surface area contributed by atoms with Gasteiger partial charge in [-0.25, -0.2) is 0 Å². The van der Waals surface area contributed by atoms with Gasteiger partial charge < -0.3 is 15.2 Å². The maximum absolute atomic E-state index is 9.46. The van der Waals surface area contributed by atoms with E-state index in [-0.39, 0.29) is 6.04 Å². The molecular formula is C14H21NO2. The number of phenols is 1. The van der Waals surface area contributed by atoms with Crippen LogP contribution in [0, 0.1) is 0 Å². The van der Waals surface area contributed by atoms with E-state index >= 15 is 0 Å². The third-order valence-electron chi connectivity index (χ3n) is 3.34. The second-order valence-corrected chi connectivity index (χ2v) is 4.89. The van der Waals surface area contributed by atoms with E-state index < -0.39 is 0 Å². The topological polar surface area (TPSA) is 41.5 Å². The van der Waals surface area contributed by atoms with E-state index in [0.717, 1.165) is 25.0 Å². The van der Waals surface area contributed by atoms with Crippen molar-refractivity contribution >= 4 is 0 Å². The van der Waals surface area contributed by atoms with Crippen molar-refractivity contribution in [1.82, 2.24) is 5.32 Å². The lowest BCUT2D eigenvalue weighted by Gasteiger charge is -2.30. The van der Waals surface area contributed by atoms with E-state index in [2.05, 4.69) is 19.2 Å². The average molecular weight is 235 g/mol. The molecule has 0 saturated carbocycles. The zero-order valence-corrected chi connectivity index (χ0v) is 10.5. The molecule has 17 heavy (non-hydrogen) atoms. The molecule has 0 radical (unpaired) electrons. The second-order valence-electron chi connectivity index (χ2n) is 4.89. The van der Waals surface area contributed by atoms with E-state index in [1.165, 1.54) is 0 Å². The van der Waals surface area contributed by atoms with Gasteiger partial charge in [-0.05, 0) is 44.4 Å². The zero-order valence-electron chi connectivity index (χ0n) is 10.5. The van der Waals surface area contributed by atoms with E-state index in [4.69, 9.17) is 4.74 Å². The lowest BCUT2D eigenvalue weighted by Crippen LogP contribution is -2.39. The molecule has 3 unspecified atom stereocenters. The Hall–Kier alpha value is -1.06. The van der Waals surface area contributed by atoms with Crippen LogP contribution in [0.25, 0.3) is 0 Å². The number of aromatic hydroxyl groups is 1. The lowest BCUT2D eigenvalue weighted by molar-refractivity contribution is 0.0116. The van der Waals surface area contributed by atoms with E-state index in [9.17, 15) is 5.11 Å². The van der Waals surface area contributed by atoms with Crippen molar-refractivity contribution in [2.45, 2.75) is 44.9 Å². The predicted molar refractivity (Wildman–Crippen MR) is 68.1 cm³/mol. The van der Waals surface area contributed by atoms with Gasteiger partial charge in [0.2, 0.25) is 0 Å². The fourth-order valence-corrected chi connectivity index (χ4v) is 2.39. The SMILES string of the molecule is CC1CC(NC(C)c2cccc(O)c2)CCO1. The van der Waals surface area contributed by atoms with Crippen LogP contribution in [0.4, 0.5) is 0 Å². The van der Waals surface area contributed by atoms with Gasteiger partial charge in [0.15, 0.2) is 0 Å². The van der Waals surface area contributed by atoms with Crippen LogP contribution < -0.4 is 5.32 Å². The molecule has 0 bridgehead atoms. The molecule has 1 fully saturated rings. The number of nitrogens with one attached hydrogen (secondary N) is 1. The number of rotatable bonds is 3. The first-order valence-electron chi connectivity index (χ1n) is 6.31. The molecule has 1 aromatic rings. The molecule has 0 aliphatic carbocycles. The Morgan fingerprint density at radius 1 is 1.47 bits per heavy atom. The van der Waals surface area contributed by atoms with Crippen LogP contribution >= 0.6 is 0 Å². The van der Waals surface area contributed by atoms with E-state index in [1.54, 1.807) is 6.07 Å². The monoisotopic (exact) mass is 235 g/mol. The third kappa shape index (κ3) is 3.45. The summed E-state index contributed by atoms with van der Waals surface area (Å²) in [6, 6.07) is 8.22. The Balaban J connectivity index is 1.94. The Morgan fingerprint density at radius 2 is 2.29 bits per heavy atom. The van der Waals surface area contributed by atoms with E-state index in [1.807, 2.05) is 18.2 Å². The first kappa shape index (κ1) is 12.4. The summed E-state index contributed by atoms with van der Waals surface area (Å²) >= 11 is 0. The molecule has 1 aliphatic rings. The van der Waals surface area contributed by atoms with Crippen LogP contribution in [0.3, 0.4) is 0 Å². The van der Waals surface area contributed by atoms with Crippen molar-refractivity contribution < 1.29 is 9.84 Å². The van der Waals surface area contributed by atoms with Crippen LogP contribution in [0.1, 0.15) is 38.3 Å². The molecule has 1 saturated heterocycles. The second kappa shape index (κ2) is 5.52. The molecule has 1 aromatic carbocycles. The Morgan fingerprint density at radius 3 is 3.00 bits per heavy atom. The molecular weight excluding hydrogens is 214 g/mol. The predicted octanol–water partition coefficient (Wildman–Crippen LogP) is 2.61. The first-order valence-corrected chi connectivity index (χ1v) is 6.31. The lowest BCUT2D eigenvalue weighted by atomic mass is 10.0. The fraction of sp³-hybridized carbons (Fsp3) is 0.571. The fourth-order valence-electron chi connectivity index (χ4n) is 2.39. The largest absolute Gasteiger partial charge is 0.508 e. The maximum Gasteiger partial charge on any atom is 0.115 e. The van der Waals surface area contributed by atoms with Crippen molar-refractivity contribution in [1.29, 1.82) is 0 Å². The van der Waals surface area contributed by atoms with Crippen LogP contribution in [-0.2, 0) is 4.74 Å². The highest BCUT2D eigenvalue weighted by molar-refractivity contribution is 5.29. The Labute approximate surface area is 103 Å². The normalized spacial score (nSPS) is 26.7. The molecule has 94 valence electrons. The van der Waals surface area contributed by atoms with Crippen molar-refractivity contribution in [3.8, 4) is 5.75 Å². The van der Waals surface area contributed by atoms with E-state index in [0.29, 0.717) is 17.9 Å². The van der Waals surface area contributed by atoms with Gasteiger partial charge in [0.1, 0.15) is 5.75 Å². The highest BCUT2D eigenvalue weighted by Gasteiger charge is 2.20. The molecule has 0 spiro atoms. The van der Waals surface area contributed by atoms with Crippen LogP contribution in [0.5, 0.6) is 5.75 Å². The Bertz CT molecular complexity index is 367. The third-order valence-corrected chi connectivity index (χ3v) is 3.34. The molecule has 0 amide bonds. The molecule has 0 aromatic heterocycles. The summed E-state index contributed by atoms with van der Waals surface area (Å²) in [6.45, 7) is 5.09. The highest BCUT2D eigenvalue weighted by Crippen LogP contribution is 2.21. The summed E-state index contributed by atoms with van der Waals surface area (Å²) in [5.41, 5.74) is 1.13. The van der Waals surface area contributed by atoms with Crippen molar-refractivity contribution in [2.24, 2.45) is 0 Å². The summed E-state index contributed by atoms with van der Waals surface area (Å²) in [5, 5.41) is 13.1. The van der Waals surface area contributed by atoms with Gasteiger partial charge >= 0.3 is 0 Å². The summed E-state index contributed by atoms with van der Waals surface area (Å²) in [4.78, 5) is 0. The summed E-state index contributed by atoms with van der Waals surface area (Å²) < 4.78 is 5.53. The first-order chi connectivity index (χ1) is 8.15. The molecule has 1 aliphatic heterocycles. The maximum atomic E-state index is 9.46. The van der Waals surface area contributed by atoms with Gasteiger partial charge in [-0.2, -0.15) is 0 Å². The van der Waals surface area contributed by atoms with Crippen LogP contribution in [0.15, 0.2) is 24.3 Å². The van der Waals surface area contributed by atoms with Crippen molar-refractivity contribution in [3.05, 3.63) is 29.8 Å². The minimum atomic E-state index is 0.261. The summed E-state index contributed by atoms with van der Waals surface area (Å²) in [5.74, 6) is 0.330. The molecule has 3 nitrogen and oxygen atoms in total. The molecule has 3 atom stereocenters. The minimum absolute atomic E-state index is 0.261. The van der Waals surface area contributed by atoms with Crippen molar-refractivity contribution in [2.75, 3.05) is 6.61 Å². The van der Waals surface area contributed by atoms with Gasteiger partial charge in [0, 0.05) is 18.7 Å². The van der Waals surface area contributed by atoms with Gasteiger partial charge in [-0.1, -0.05) is 12.1 Å². The number of benzene rings is 1. The molecule has 2 N–H and O–H groups in total. The smallest absolute Gasteiger partial charge is 0.115 e. The van der Waals surface area contributed by atoms with Gasteiger partial charge in [0.05, 0.1) is 6.10 Å². The highest BCUT2D eigenvalue weighted by atomic mass is 16.5. The van der Waals surface area contributed by atoms with Crippen molar-refractivity contribution in [3.63, 3.8) is 0 Å². The number of phenolic OH excluding ortho intramolecular Hbond substituents is 1. The van der Waals surface area contributed by atoms with Gasteiger partial charge in [-0.15, -0.1) is 0 Å². The molecule has 1 heterocycles. The summed E-state index contributed by atoms with van der Waals surface area (Å²) in [7, 11) is 0. The molecule has 2 rings (SSSR count). The minimum Gasteiger partial charge on any atom is -0.508 e. The standard InChI is InChI=1S/C14H21NO2/c1-10-8-13(6-7-17-10)15-11(2)12-4-3-5-14(16)9-12/h3-5,9-11,13,15-16H,6-8H2,1-2H3.